The Labute approximate surface area is 79.0 Å². The number of carboxylic acid groups (broad SMARTS) is 1. The van der Waals surface area contributed by atoms with E-state index in [1.54, 1.807) is 6.92 Å². The van der Waals surface area contributed by atoms with Crippen LogP contribution in [-0.2, 0) is 4.79 Å². The minimum absolute atomic E-state index is 0.0263. The zero-order chi connectivity index (χ0) is 10.4. The molecule has 0 spiro atoms. The number of rotatable bonds is 6. The second-order valence-electron chi connectivity index (χ2n) is 3.50. The van der Waals surface area contributed by atoms with E-state index >= 15 is 0 Å². The first-order chi connectivity index (χ1) is 6.02. The van der Waals surface area contributed by atoms with E-state index in [0.717, 1.165) is 0 Å². The Balaban J connectivity index is 4.11. The predicted molar refractivity (Wildman–Crippen MR) is 50.6 cm³/mol. The maximum absolute atomic E-state index is 10.7. The van der Waals surface area contributed by atoms with Crippen molar-refractivity contribution in [2.45, 2.75) is 39.3 Å². The van der Waals surface area contributed by atoms with Gasteiger partial charge in [-0.05, 0) is 12.3 Å². The first-order valence-electron chi connectivity index (χ1n) is 4.62. The normalized spacial score (nSPS) is 15.8. The summed E-state index contributed by atoms with van der Waals surface area (Å²) in [4.78, 5) is 10.7. The summed E-state index contributed by atoms with van der Waals surface area (Å²) in [5.41, 5.74) is 0. The second kappa shape index (κ2) is 5.94. The average Bonchev–Trinajstić information content (AvgIpc) is 2.05. The molecule has 0 aliphatic rings. The van der Waals surface area contributed by atoms with Crippen LogP contribution < -0.4 is 5.32 Å². The monoisotopic (exact) mass is 189 g/mol. The molecule has 0 aromatic rings. The third-order valence-electron chi connectivity index (χ3n) is 2.12. The van der Waals surface area contributed by atoms with Gasteiger partial charge in [-0.25, -0.2) is 0 Å². The summed E-state index contributed by atoms with van der Waals surface area (Å²) in [5.74, 6) is -0.625. The van der Waals surface area contributed by atoms with Crippen LogP contribution in [0.1, 0.15) is 27.2 Å². The topological polar surface area (TPSA) is 69.6 Å². The summed E-state index contributed by atoms with van der Waals surface area (Å²) in [6.07, 6.45) is 0.526. The molecular weight excluding hydrogens is 170 g/mol. The lowest BCUT2D eigenvalue weighted by Crippen LogP contribution is -2.47. The molecule has 1 unspecified atom stereocenters. The SMILES string of the molecule is CCC(N[C@H](CO)C(C)C)C(=O)O. The highest BCUT2D eigenvalue weighted by atomic mass is 16.4. The van der Waals surface area contributed by atoms with Crippen molar-refractivity contribution in [1.82, 2.24) is 5.32 Å². The van der Waals surface area contributed by atoms with Crippen molar-refractivity contribution in [3.63, 3.8) is 0 Å². The quantitative estimate of drug-likeness (QED) is 0.567. The number of nitrogens with one attached hydrogen (secondary N) is 1. The van der Waals surface area contributed by atoms with Crippen molar-refractivity contribution in [2.75, 3.05) is 6.61 Å². The number of hydrogen-bond acceptors (Lipinski definition) is 3. The molecule has 0 rings (SSSR count). The summed E-state index contributed by atoms with van der Waals surface area (Å²) in [7, 11) is 0. The van der Waals surface area contributed by atoms with Crippen molar-refractivity contribution in [1.29, 1.82) is 0 Å². The molecule has 2 atom stereocenters. The Hall–Kier alpha value is -0.610. The minimum atomic E-state index is -0.860. The van der Waals surface area contributed by atoms with E-state index in [1.807, 2.05) is 13.8 Å². The molecule has 0 aromatic carbocycles. The molecule has 0 heterocycles. The molecule has 0 saturated heterocycles. The van der Waals surface area contributed by atoms with E-state index in [-0.39, 0.29) is 18.6 Å². The standard InChI is InChI=1S/C9H19NO3/c1-4-7(9(12)13)10-8(5-11)6(2)3/h6-8,10-11H,4-5H2,1-3H3,(H,12,13)/t7?,8-/m1/s1. The molecular formula is C9H19NO3. The number of carbonyl (C=O) groups is 1. The van der Waals surface area contributed by atoms with E-state index in [0.29, 0.717) is 6.42 Å². The molecule has 0 amide bonds. The molecule has 0 radical (unpaired) electrons. The molecule has 0 saturated carbocycles. The van der Waals surface area contributed by atoms with Gasteiger partial charge < -0.3 is 10.2 Å². The Morgan fingerprint density at radius 1 is 1.46 bits per heavy atom. The van der Waals surface area contributed by atoms with Gasteiger partial charge in [0.05, 0.1) is 6.61 Å². The van der Waals surface area contributed by atoms with Crippen molar-refractivity contribution >= 4 is 5.97 Å². The smallest absolute Gasteiger partial charge is 0.320 e. The lowest BCUT2D eigenvalue weighted by molar-refractivity contribution is -0.139. The van der Waals surface area contributed by atoms with Gasteiger partial charge in [0.25, 0.3) is 0 Å². The van der Waals surface area contributed by atoms with Crippen molar-refractivity contribution < 1.29 is 15.0 Å². The van der Waals surface area contributed by atoms with Gasteiger partial charge >= 0.3 is 5.97 Å². The first-order valence-corrected chi connectivity index (χ1v) is 4.62. The average molecular weight is 189 g/mol. The van der Waals surface area contributed by atoms with E-state index in [2.05, 4.69) is 5.32 Å². The Morgan fingerprint density at radius 2 is 2.00 bits per heavy atom. The number of aliphatic hydroxyl groups is 1. The fourth-order valence-electron chi connectivity index (χ4n) is 1.08. The van der Waals surface area contributed by atoms with Crippen LogP contribution in [0.4, 0.5) is 0 Å². The number of aliphatic carboxylic acids is 1. The van der Waals surface area contributed by atoms with Crippen molar-refractivity contribution in [2.24, 2.45) is 5.92 Å². The highest BCUT2D eigenvalue weighted by molar-refractivity contribution is 5.73. The molecule has 3 N–H and O–H groups in total. The summed E-state index contributed by atoms with van der Waals surface area (Å²) in [5, 5.41) is 20.6. The molecule has 78 valence electrons. The maximum atomic E-state index is 10.7. The minimum Gasteiger partial charge on any atom is -0.480 e. The van der Waals surface area contributed by atoms with E-state index in [9.17, 15) is 4.79 Å². The third-order valence-corrected chi connectivity index (χ3v) is 2.12. The Bertz CT molecular complexity index is 159. The zero-order valence-electron chi connectivity index (χ0n) is 8.45. The highest BCUT2D eigenvalue weighted by Crippen LogP contribution is 2.03. The molecule has 0 bridgehead atoms. The molecule has 4 heteroatoms. The van der Waals surface area contributed by atoms with E-state index in [1.165, 1.54) is 0 Å². The summed E-state index contributed by atoms with van der Waals surface area (Å²) >= 11 is 0. The zero-order valence-corrected chi connectivity index (χ0v) is 8.45. The number of aliphatic hydroxyl groups excluding tert-OH is 1. The van der Waals surface area contributed by atoms with Crippen LogP contribution >= 0.6 is 0 Å². The second-order valence-corrected chi connectivity index (χ2v) is 3.50. The van der Waals surface area contributed by atoms with Gasteiger partial charge in [0, 0.05) is 6.04 Å². The van der Waals surface area contributed by atoms with E-state index < -0.39 is 12.0 Å². The van der Waals surface area contributed by atoms with Crippen LogP contribution in [0.15, 0.2) is 0 Å². The predicted octanol–water partition coefficient (Wildman–Crippen LogP) is 0.456. The van der Waals surface area contributed by atoms with Crippen molar-refractivity contribution in [3.8, 4) is 0 Å². The molecule has 4 nitrogen and oxygen atoms in total. The Morgan fingerprint density at radius 3 is 2.23 bits per heavy atom. The molecule has 0 aliphatic heterocycles. The Kier molecular flexibility index (Phi) is 5.66. The van der Waals surface area contributed by atoms with Crippen LogP contribution in [0.5, 0.6) is 0 Å². The third kappa shape index (κ3) is 4.24. The fraction of sp³-hybridized carbons (Fsp3) is 0.889. The van der Waals surface area contributed by atoms with Crippen LogP contribution in [-0.4, -0.2) is 34.9 Å². The van der Waals surface area contributed by atoms with Gasteiger partial charge in [-0.1, -0.05) is 20.8 Å². The largest absolute Gasteiger partial charge is 0.480 e. The van der Waals surface area contributed by atoms with Gasteiger partial charge in [0.2, 0.25) is 0 Å². The molecule has 0 aliphatic carbocycles. The lowest BCUT2D eigenvalue weighted by atomic mass is 10.0. The molecule has 0 aromatic heterocycles. The fourth-order valence-corrected chi connectivity index (χ4v) is 1.08. The maximum Gasteiger partial charge on any atom is 0.320 e. The summed E-state index contributed by atoms with van der Waals surface area (Å²) in [6.45, 7) is 5.67. The van der Waals surface area contributed by atoms with Crippen molar-refractivity contribution in [3.05, 3.63) is 0 Å². The lowest BCUT2D eigenvalue weighted by Gasteiger charge is -2.23. The number of carboxylic acids is 1. The summed E-state index contributed by atoms with van der Waals surface area (Å²) in [6, 6.07) is -0.694. The highest BCUT2D eigenvalue weighted by Gasteiger charge is 2.20. The number of hydrogen-bond donors (Lipinski definition) is 3. The first kappa shape index (κ1) is 12.4. The molecule has 13 heavy (non-hydrogen) atoms. The van der Waals surface area contributed by atoms with Gasteiger partial charge in [-0.2, -0.15) is 0 Å². The van der Waals surface area contributed by atoms with E-state index in [4.69, 9.17) is 10.2 Å². The van der Waals surface area contributed by atoms with Crippen LogP contribution in [0.2, 0.25) is 0 Å². The van der Waals surface area contributed by atoms with Gasteiger partial charge in [0.15, 0.2) is 0 Å². The van der Waals surface area contributed by atoms with Crippen LogP contribution in [0, 0.1) is 5.92 Å². The van der Waals surface area contributed by atoms with Gasteiger partial charge in [-0.15, -0.1) is 0 Å². The van der Waals surface area contributed by atoms with Crippen LogP contribution in [0.3, 0.4) is 0 Å². The molecule has 0 fully saturated rings. The van der Waals surface area contributed by atoms with Crippen LogP contribution in [0.25, 0.3) is 0 Å². The van der Waals surface area contributed by atoms with Gasteiger partial charge in [-0.3, -0.25) is 10.1 Å². The van der Waals surface area contributed by atoms with Gasteiger partial charge in [0.1, 0.15) is 6.04 Å². The summed E-state index contributed by atoms with van der Waals surface area (Å²) < 4.78 is 0.